The monoisotopic (exact) mass is 387 g/mol. The maximum atomic E-state index is 12.5. The summed E-state index contributed by atoms with van der Waals surface area (Å²) in [7, 11) is 2.99. The van der Waals surface area contributed by atoms with Crippen molar-refractivity contribution >= 4 is 34.1 Å². The average Bonchev–Trinajstić information content (AvgIpc) is 2.69. The molecule has 0 unspecified atom stereocenters. The van der Waals surface area contributed by atoms with Gasteiger partial charge in [-0.05, 0) is 12.1 Å². The molecule has 0 aliphatic heterocycles. The lowest BCUT2D eigenvalue weighted by Crippen LogP contribution is -2.23. The van der Waals surface area contributed by atoms with Crippen molar-refractivity contribution < 1.29 is 14.3 Å². The molecule has 1 heterocycles. The van der Waals surface area contributed by atoms with Crippen LogP contribution in [0, 0.1) is 0 Å². The number of hydrogen-bond acceptors (Lipinski definition) is 5. The zero-order valence-electron chi connectivity index (χ0n) is 14.9. The first-order chi connectivity index (χ1) is 13.0. The van der Waals surface area contributed by atoms with Crippen LogP contribution in [0.15, 0.2) is 47.5 Å². The number of aryl methyl sites for hydroxylation is 1. The molecule has 27 heavy (non-hydrogen) atoms. The Bertz CT molecular complexity index is 1050. The Morgan fingerprint density at radius 1 is 1.22 bits per heavy atom. The molecule has 7 nitrogen and oxygen atoms in total. The van der Waals surface area contributed by atoms with Crippen molar-refractivity contribution in [2.75, 3.05) is 19.5 Å². The van der Waals surface area contributed by atoms with Gasteiger partial charge in [-0.3, -0.25) is 14.2 Å². The van der Waals surface area contributed by atoms with Crippen molar-refractivity contribution in [3.8, 4) is 11.5 Å². The SMILES string of the molecule is COc1cc(Cl)c(NC(=O)CCn2cnc3ccccc3c2=O)c(OC)c1. The lowest BCUT2D eigenvalue weighted by Gasteiger charge is -2.14. The molecule has 2 aromatic carbocycles. The molecule has 1 aromatic heterocycles. The molecule has 140 valence electrons. The first-order valence-corrected chi connectivity index (χ1v) is 8.57. The second-order valence-corrected chi connectivity index (χ2v) is 6.15. The maximum Gasteiger partial charge on any atom is 0.261 e. The Morgan fingerprint density at radius 2 is 2.00 bits per heavy atom. The third kappa shape index (κ3) is 4.03. The molecule has 0 fully saturated rings. The van der Waals surface area contributed by atoms with Crippen LogP contribution < -0.4 is 20.3 Å². The molecule has 8 heteroatoms. The number of para-hydroxylation sites is 1. The van der Waals surface area contributed by atoms with Gasteiger partial charge in [0.2, 0.25) is 5.91 Å². The van der Waals surface area contributed by atoms with E-state index in [9.17, 15) is 9.59 Å². The van der Waals surface area contributed by atoms with E-state index in [1.807, 2.05) is 6.07 Å². The van der Waals surface area contributed by atoms with Crippen LogP contribution >= 0.6 is 11.6 Å². The van der Waals surface area contributed by atoms with Gasteiger partial charge in [-0.1, -0.05) is 23.7 Å². The standard InChI is InChI=1S/C19H18ClN3O4/c1-26-12-9-14(20)18(16(10-12)27-2)22-17(24)7-8-23-11-21-15-6-4-3-5-13(15)19(23)25/h3-6,9-11H,7-8H2,1-2H3,(H,22,24). The number of nitrogens with one attached hydrogen (secondary N) is 1. The van der Waals surface area contributed by atoms with Gasteiger partial charge in [0.15, 0.2) is 0 Å². The predicted octanol–water partition coefficient (Wildman–Crippen LogP) is 3.10. The number of aromatic nitrogens is 2. The van der Waals surface area contributed by atoms with Crippen molar-refractivity contribution in [3.63, 3.8) is 0 Å². The molecule has 0 atom stereocenters. The summed E-state index contributed by atoms with van der Waals surface area (Å²) < 4.78 is 11.8. The smallest absolute Gasteiger partial charge is 0.261 e. The third-order valence-electron chi connectivity index (χ3n) is 4.06. The van der Waals surface area contributed by atoms with Crippen LogP contribution in [-0.4, -0.2) is 29.7 Å². The highest BCUT2D eigenvalue weighted by molar-refractivity contribution is 6.34. The van der Waals surface area contributed by atoms with E-state index >= 15 is 0 Å². The summed E-state index contributed by atoms with van der Waals surface area (Å²) in [6, 6.07) is 10.3. The number of carbonyl (C=O) groups excluding carboxylic acids is 1. The lowest BCUT2D eigenvalue weighted by atomic mass is 10.2. The molecule has 0 saturated carbocycles. The second-order valence-electron chi connectivity index (χ2n) is 5.74. The fourth-order valence-corrected chi connectivity index (χ4v) is 2.90. The van der Waals surface area contributed by atoms with Crippen molar-refractivity contribution in [2.24, 2.45) is 0 Å². The summed E-state index contributed by atoms with van der Waals surface area (Å²) in [5, 5.41) is 3.53. The molecule has 0 radical (unpaired) electrons. The average molecular weight is 388 g/mol. The molecular weight excluding hydrogens is 370 g/mol. The summed E-state index contributed by atoms with van der Waals surface area (Å²) in [6.45, 7) is 0.193. The normalized spacial score (nSPS) is 10.6. The van der Waals surface area contributed by atoms with E-state index in [0.717, 1.165) is 0 Å². The van der Waals surface area contributed by atoms with Crippen LogP contribution in [0.5, 0.6) is 11.5 Å². The Labute approximate surface area is 160 Å². The molecule has 3 aromatic rings. The van der Waals surface area contributed by atoms with Crippen molar-refractivity contribution in [1.82, 2.24) is 9.55 Å². The largest absolute Gasteiger partial charge is 0.497 e. The number of ether oxygens (including phenoxy) is 2. The van der Waals surface area contributed by atoms with Crippen LogP contribution in [0.1, 0.15) is 6.42 Å². The Kier molecular flexibility index (Phi) is 5.61. The molecule has 3 rings (SSSR count). The number of rotatable bonds is 6. The van der Waals surface area contributed by atoms with Crippen LogP contribution in [0.3, 0.4) is 0 Å². The summed E-state index contributed by atoms with van der Waals surface area (Å²) in [5.41, 5.74) is 0.792. The first kappa shape index (κ1) is 18.7. The van der Waals surface area contributed by atoms with Crippen LogP contribution in [0.25, 0.3) is 10.9 Å². The highest BCUT2D eigenvalue weighted by Gasteiger charge is 2.14. The Hall–Kier alpha value is -3.06. The first-order valence-electron chi connectivity index (χ1n) is 8.19. The number of fused-ring (bicyclic) bond motifs is 1. The van der Waals surface area contributed by atoms with Crippen molar-refractivity contribution in [1.29, 1.82) is 0 Å². The Balaban J connectivity index is 1.74. The fraction of sp³-hybridized carbons (Fsp3) is 0.211. The van der Waals surface area contributed by atoms with E-state index in [1.54, 1.807) is 30.3 Å². The third-order valence-corrected chi connectivity index (χ3v) is 4.36. The molecule has 0 saturated heterocycles. The second kappa shape index (κ2) is 8.09. The van der Waals surface area contributed by atoms with Crippen molar-refractivity contribution in [3.05, 3.63) is 58.1 Å². The van der Waals surface area contributed by atoms with Crippen molar-refractivity contribution in [2.45, 2.75) is 13.0 Å². The highest BCUT2D eigenvalue weighted by atomic mass is 35.5. The fourth-order valence-electron chi connectivity index (χ4n) is 2.65. The zero-order chi connectivity index (χ0) is 19.4. The number of methoxy groups -OCH3 is 2. The molecule has 0 aliphatic rings. The maximum absolute atomic E-state index is 12.5. The van der Waals surface area contributed by atoms with E-state index in [4.69, 9.17) is 21.1 Å². The van der Waals surface area contributed by atoms with E-state index in [1.165, 1.54) is 25.1 Å². The molecule has 1 N–H and O–H groups in total. The number of halogens is 1. The minimum Gasteiger partial charge on any atom is -0.497 e. The number of anilines is 1. The van der Waals surface area contributed by atoms with Crippen LogP contribution in [-0.2, 0) is 11.3 Å². The summed E-state index contributed by atoms with van der Waals surface area (Å²) >= 11 is 6.20. The minimum absolute atomic E-state index is 0.0748. The van der Waals surface area contributed by atoms with E-state index in [2.05, 4.69) is 10.3 Å². The summed E-state index contributed by atoms with van der Waals surface area (Å²) in [4.78, 5) is 29.0. The molecule has 0 spiro atoms. The van der Waals surface area contributed by atoms with Gasteiger partial charge in [-0.15, -0.1) is 0 Å². The highest BCUT2D eigenvalue weighted by Crippen LogP contribution is 2.36. The number of amides is 1. The number of hydrogen-bond donors (Lipinski definition) is 1. The lowest BCUT2D eigenvalue weighted by molar-refractivity contribution is -0.116. The summed E-state index contributed by atoms with van der Waals surface area (Å²) in [5.74, 6) is 0.598. The molecule has 1 amide bonds. The van der Waals surface area contributed by atoms with Gasteiger partial charge >= 0.3 is 0 Å². The van der Waals surface area contributed by atoms with E-state index in [-0.39, 0.29) is 24.4 Å². The van der Waals surface area contributed by atoms with Gasteiger partial charge in [0.25, 0.3) is 5.56 Å². The van der Waals surface area contributed by atoms with E-state index < -0.39 is 0 Å². The zero-order valence-corrected chi connectivity index (χ0v) is 15.6. The molecular formula is C19H18ClN3O4. The van der Waals surface area contributed by atoms with Gasteiger partial charge in [0, 0.05) is 25.1 Å². The molecule has 0 bridgehead atoms. The Morgan fingerprint density at radius 3 is 2.74 bits per heavy atom. The topological polar surface area (TPSA) is 82.5 Å². The van der Waals surface area contributed by atoms with Gasteiger partial charge in [0.1, 0.15) is 17.2 Å². The van der Waals surface area contributed by atoms with Gasteiger partial charge in [-0.2, -0.15) is 0 Å². The number of nitrogens with zero attached hydrogens (tertiary/aromatic N) is 2. The van der Waals surface area contributed by atoms with Gasteiger partial charge in [0.05, 0.1) is 36.5 Å². The van der Waals surface area contributed by atoms with Gasteiger partial charge < -0.3 is 14.8 Å². The number of carbonyl (C=O) groups is 1. The number of benzene rings is 2. The minimum atomic E-state index is -0.305. The summed E-state index contributed by atoms with van der Waals surface area (Å²) in [6.07, 6.45) is 1.52. The quantitative estimate of drug-likeness (QED) is 0.702. The van der Waals surface area contributed by atoms with Crippen LogP contribution in [0.4, 0.5) is 5.69 Å². The van der Waals surface area contributed by atoms with Crippen LogP contribution in [0.2, 0.25) is 5.02 Å². The van der Waals surface area contributed by atoms with Gasteiger partial charge in [-0.25, -0.2) is 4.98 Å². The van der Waals surface area contributed by atoms with E-state index in [0.29, 0.717) is 33.1 Å². The predicted molar refractivity (Wildman–Crippen MR) is 104 cm³/mol. The molecule has 0 aliphatic carbocycles.